The number of rotatable bonds is 5. The van der Waals surface area contributed by atoms with Crippen LogP contribution in [-0.4, -0.2) is 36.4 Å². The van der Waals surface area contributed by atoms with E-state index in [4.69, 9.17) is 10.8 Å². The molecule has 0 saturated carbocycles. The van der Waals surface area contributed by atoms with Crippen molar-refractivity contribution in [2.45, 2.75) is 19.4 Å². The highest BCUT2D eigenvalue weighted by molar-refractivity contribution is 5.73. The van der Waals surface area contributed by atoms with E-state index >= 15 is 0 Å². The minimum Gasteiger partial charge on any atom is -0.480 e. The van der Waals surface area contributed by atoms with Gasteiger partial charge in [-0.3, -0.25) is 4.79 Å². The number of nitrogens with one attached hydrogen (secondary N) is 1. The number of carbonyl (C=O) groups is 2. The molecule has 0 aliphatic carbocycles. The molecule has 0 aliphatic heterocycles. The maximum absolute atomic E-state index is 10.7. The number of aliphatic carboxylic acids is 1. The number of nitrogens with two attached hydrogens (primary N) is 1. The van der Waals surface area contributed by atoms with Crippen LogP contribution in [0.4, 0.5) is 4.79 Å². The number of carbonyl (C=O) groups excluding carboxylic acids is 1. The molecule has 13 heavy (non-hydrogen) atoms. The SMILES string of the molecule is CCNC(=O)OCC[C@H](N)C(=O)O. The first-order valence-corrected chi connectivity index (χ1v) is 3.97. The smallest absolute Gasteiger partial charge is 0.407 e. The molecule has 0 aromatic rings. The van der Waals surface area contributed by atoms with E-state index in [1.165, 1.54) is 0 Å². The quantitative estimate of drug-likeness (QED) is 0.544. The highest BCUT2D eigenvalue weighted by Gasteiger charge is 2.11. The number of amides is 1. The van der Waals surface area contributed by atoms with E-state index in [9.17, 15) is 9.59 Å². The van der Waals surface area contributed by atoms with Crippen LogP contribution in [0.1, 0.15) is 13.3 Å². The van der Waals surface area contributed by atoms with Crippen molar-refractivity contribution < 1.29 is 19.4 Å². The van der Waals surface area contributed by atoms with Gasteiger partial charge in [0.2, 0.25) is 0 Å². The van der Waals surface area contributed by atoms with E-state index < -0.39 is 18.1 Å². The van der Waals surface area contributed by atoms with Crippen LogP contribution in [-0.2, 0) is 9.53 Å². The number of hydrogen-bond acceptors (Lipinski definition) is 4. The van der Waals surface area contributed by atoms with Crippen molar-refractivity contribution in [3.05, 3.63) is 0 Å². The van der Waals surface area contributed by atoms with Crippen LogP contribution in [0.5, 0.6) is 0 Å². The van der Waals surface area contributed by atoms with Crippen LogP contribution >= 0.6 is 0 Å². The molecule has 0 unspecified atom stereocenters. The van der Waals surface area contributed by atoms with Gasteiger partial charge in [0.05, 0.1) is 6.61 Å². The summed E-state index contributed by atoms with van der Waals surface area (Å²) in [6.45, 7) is 2.24. The maximum atomic E-state index is 10.7. The van der Waals surface area contributed by atoms with Gasteiger partial charge in [0.15, 0.2) is 0 Å². The summed E-state index contributed by atoms with van der Waals surface area (Å²) in [5, 5.41) is 10.8. The fraction of sp³-hybridized carbons (Fsp3) is 0.714. The molecule has 0 aromatic carbocycles. The van der Waals surface area contributed by atoms with Gasteiger partial charge >= 0.3 is 12.1 Å². The second-order valence-corrected chi connectivity index (χ2v) is 2.40. The first-order chi connectivity index (χ1) is 6.07. The van der Waals surface area contributed by atoms with Gasteiger partial charge < -0.3 is 20.9 Å². The van der Waals surface area contributed by atoms with Gasteiger partial charge in [-0.2, -0.15) is 0 Å². The third-order valence-corrected chi connectivity index (χ3v) is 1.30. The first-order valence-electron chi connectivity index (χ1n) is 3.97. The zero-order valence-corrected chi connectivity index (χ0v) is 7.45. The van der Waals surface area contributed by atoms with E-state index in [1.54, 1.807) is 6.92 Å². The van der Waals surface area contributed by atoms with Gasteiger partial charge in [0.1, 0.15) is 6.04 Å². The van der Waals surface area contributed by atoms with E-state index in [-0.39, 0.29) is 13.0 Å². The largest absolute Gasteiger partial charge is 0.480 e. The maximum Gasteiger partial charge on any atom is 0.407 e. The number of carboxylic acids is 1. The van der Waals surface area contributed by atoms with Crippen molar-refractivity contribution in [2.24, 2.45) is 5.73 Å². The van der Waals surface area contributed by atoms with Crippen LogP contribution in [0.25, 0.3) is 0 Å². The first kappa shape index (κ1) is 11.7. The Labute approximate surface area is 76.0 Å². The molecule has 4 N–H and O–H groups in total. The summed E-state index contributed by atoms with van der Waals surface area (Å²) in [6, 6.07) is -0.977. The molecule has 0 bridgehead atoms. The van der Waals surface area contributed by atoms with Crippen molar-refractivity contribution in [2.75, 3.05) is 13.2 Å². The number of carboxylic acid groups (broad SMARTS) is 1. The molecule has 76 valence electrons. The van der Waals surface area contributed by atoms with Gasteiger partial charge in [-0.05, 0) is 6.92 Å². The van der Waals surface area contributed by atoms with E-state index in [1.807, 2.05) is 0 Å². The van der Waals surface area contributed by atoms with E-state index in [0.717, 1.165) is 0 Å². The zero-order valence-electron chi connectivity index (χ0n) is 7.45. The Morgan fingerprint density at radius 3 is 2.69 bits per heavy atom. The summed E-state index contributed by atoms with van der Waals surface area (Å²) in [4.78, 5) is 20.9. The van der Waals surface area contributed by atoms with Crippen molar-refractivity contribution in [1.29, 1.82) is 0 Å². The lowest BCUT2D eigenvalue weighted by Gasteiger charge is -2.07. The highest BCUT2D eigenvalue weighted by Crippen LogP contribution is 1.89. The fourth-order valence-corrected chi connectivity index (χ4v) is 0.597. The van der Waals surface area contributed by atoms with Crippen molar-refractivity contribution in [3.63, 3.8) is 0 Å². The predicted molar refractivity (Wildman–Crippen MR) is 45.3 cm³/mol. The Kier molecular flexibility index (Phi) is 5.62. The van der Waals surface area contributed by atoms with Gasteiger partial charge in [-0.1, -0.05) is 0 Å². The summed E-state index contributed by atoms with van der Waals surface area (Å²) >= 11 is 0. The summed E-state index contributed by atoms with van der Waals surface area (Å²) in [6.07, 6.45) is -0.438. The lowest BCUT2D eigenvalue weighted by Crippen LogP contribution is -2.32. The summed E-state index contributed by atoms with van der Waals surface area (Å²) < 4.78 is 4.61. The average molecular weight is 190 g/mol. The molecule has 0 heterocycles. The van der Waals surface area contributed by atoms with E-state index in [2.05, 4.69) is 10.1 Å². The molecule has 0 radical (unpaired) electrons. The molecule has 1 amide bonds. The lowest BCUT2D eigenvalue weighted by atomic mass is 10.2. The van der Waals surface area contributed by atoms with Crippen molar-refractivity contribution >= 4 is 12.1 Å². The van der Waals surface area contributed by atoms with Gasteiger partial charge in [0.25, 0.3) is 0 Å². The molecule has 0 aliphatic rings. The highest BCUT2D eigenvalue weighted by atomic mass is 16.5. The second kappa shape index (κ2) is 6.24. The van der Waals surface area contributed by atoms with Crippen LogP contribution in [0.15, 0.2) is 0 Å². The predicted octanol–water partition coefficient (Wildman–Crippen LogP) is -0.465. The molecule has 0 saturated heterocycles. The average Bonchev–Trinajstić information content (AvgIpc) is 2.04. The van der Waals surface area contributed by atoms with Gasteiger partial charge in [-0.15, -0.1) is 0 Å². The molecule has 1 atom stereocenters. The van der Waals surface area contributed by atoms with Crippen LogP contribution in [0.2, 0.25) is 0 Å². The third kappa shape index (κ3) is 5.92. The van der Waals surface area contributed by atoms with Crippen LogP contribution < -0.4 is 11.1 Å². The Morgan fingerprint density at radius 1 is 1.62 bits per heavy atom. The Bertz CT molecular complexity index is 183. The lowest BCUT2D eigenvalue weighted by molar-refractivity contribution is -0.138. The van der Waals surface area contributed by atoms with Gasteiger partial charge in [0, 0.05) is 13.0 Å². The number of hydrogen-bond donors (Lipinski definition) is 3. The molecule has 0 fully saturated rings. The normalized spacial score (nSPS) is 11.8. The van der Waals surface area contributed by atoms with Crippen LogP contribution in [0, 0.1) is 0 Å². The van der Waals surface area contributed by atoms with E-state index in [0.29, 0.717) is 6.54 Å². The van der Waals surface area contributed by atoms with Crippen molar-refractivity contribution in [1.82, 2.24) is 5.32 Å². The van der Waals surface area contributed by atoms with Crippen molar-refractivity contribution in [3.8, 4) is 0 Å². The number of ether oxygens (including phenoxy) is 1. The molecule has 6 nitrogen and oxygen atoms in total. The Hall–Kier alpha value is -1.30. The fourth-order valence-electron chi connectivity index (χ4n) is 0.597. The molecule has 0 aromatic heterocycles. The van der Waals surface area contributed by atoms with Crippen LogP contribution in [0.3, 0.4) is 0 Å². The summed E-state index contributed by atoms with van der Waals surface area (Å²) in [5.41, 5.74) is 5.17. The molecular weight excluding hydrogens is 176 g/mol. The molecule has 0 spiro atoms. The standard InChI is InChI=1S/C7H14N2O4/c1-2-9-7(12)13-4-3-5(8)6(10)11/h5H,2-4,8H2,1H3,(H,9,12)(H,10,11)/t5-/m0/s1. The minimum atomic E-state index is -1.10. The number of alkyl carbamates (subject to hydrolysis) is 1. The molecule has 0 rings (SSSR count). The van der Waals surface area contributed by atoms with Gasteiger partial charge in [-0.25, -0.2) is 4.79 Å². The third-order valence-electron chi connectivity index (χ3n) is 1.30. The zero-order chi connectivity index (χ0) is 10.3. The summed E-state index contributed by atoms with van der Waals surface area (Å²) in [7, 11) is 0. The summed E-state index contributed by atoms with van der Waals surface area (Å²) in [5.74, 6) is -1.10. The molecular formula is C7H14N2O4. The monoisotopic (exact) mass is 190 g/mol. The Balaban J connectivity index is 3.44. The molecule has 6 heteroatoms. The topological polar surface area (TPSA) is 102 Å². The minimum absolute atomic E-state index is 0.0132. The second-order valence-electron chi connectivity index (χ2n) is 2.40. The Morgan fingerprint density at radius 2 is 2.23 bits per heavy atom.